The number of hydrogen-bond donors (Lipinski definition) is 1. The van der Waals surface area contributed by atoms with Gasteiger partial charge >= 0.3 is 6.03 Å². The second-order valence-electron chi connectivity index (χ2n) is 9.23. The first-order valence-corrected chi connectivity index (χ1v) is 12.2. The van der Waals surface area contributed by atoms with Gasteiger partial charge in [-0.25, -0.2) is 4.79 Å². The molecule has 0 fully saturated rings. The van der Waals surface area contributed by atoms with Crippen LogP contribution in [0.25, 0.3) is 17.0 Å². The summed E-state index contributed by atoms with van der Waals surface area (Å²) in [6.07, 6.45) is 0. The molecule has 1 atom stereocenters. The third kappa shape index (κ3) is 4.64. The number of nitrogens with one attached hydrogen (secondary N) is 1. The fourth-order valence-corrected chi connectivity index (χ4v) is 4.63. The van der Waals surface area contributed by atoms with Crippen molar-refractivity contribution in [1.82, 2.24) is 20.4 Å². The highest BCUT2D eigenvalue weighted by molar-refractivity contribution is 6.30. The van der Waals surface area contributed by atoms with Gasteiger partial charge < -0.3 is 9.84 Å². The van der Waals surface area contributed by atoms with E-state index in [0.717, 1.165) is 39.1 Å². The van der Waals surface area contributed by atoms with Crippen LogP contribution < -0.4 is 5.32 Å². The number of carbonyl (C=O) groups excluding carboxylic acids is 1. The first kappa shape index (κ1) is 23.8. The average Bonchev–Trinajstić information content (AvgIpc) is 3.33. The summed E-state index contributed by atoms with van der Waals surface area (Å²) in [7, 11) is 0. The zero-order valence-corrected chi connectivity index (χ0v) is 21.4. The Morgan fingerprint density at radius 2 is 1.75 bits per heavy atom. The highest BCUT2D eigenvalue weighted by Gasteiger charge is 2.36. The molecule has 1 unspecified atom stereocenters. The molecule has 0 aliphatic carbocycles. The number of aryl methyl sites for hydroxylation is 3. The molecule has 0 saturated heterocycles. The van der Waals surface area contributed by atoms with Crippen LogP contribution in [0.5, 0.6) is 0 Å². The van der Waals surface area contributed by atoms with Gasteiger partial charge in [-0.2, -0.15) is 4.98 Å². The minimum Gasteiger partial charge on any atom is -0.334 e. The molecule has 1 aliphatic heterocycles. The van der Waals surface area contributed by atoms with Crippen molar-refractivity contribution in [2.45, 2.75) is 40.3 Å². The second kappa shape index (κ2) is 9.63. The van der Waals surface area contributed by atoms with E-state index in [1.807, 2.05) is 68.4 Å². The fourth-order valence-electron chi connectivity index (χ4n) is 4.41. The summed E-state index contributed by atoms with van der Waals surface area (Å²) in [5.74, 6) is 0.879. The van der Waals surface area contributed by atoms with Crippen molar-refractivity contribution in [3.8, 4) is 11.4 Å². The largest absolute Gasteiger partial charge is 0.334 e. The molecule has 36 heavy (non-hydrogen) atoms. The normalized spacial score (nSPS) is 15.9. The van der Waals surface area contributed by atoms with Crippen LogP contribution in [0.4, 0.5) is 4.79 Å². The Bertz CT molecular complexity index is 1470. The molecule has 0 radical (unpaired) electrons. The molecule has 1 aliphatic rings. The van der Waals surface area contributed by atoms with E-state index in [2.05, 4.69) is 36.5 Å². The van der Waals surface area contributed by atoms with Gasteiger partial charge in [-0.15, -0.1) is 0 Å². The van der Waals surface area contributed by atoms with E-state index in [1.54, 1.807) is 4.90 Å². The lowest BCUT2D eigenvalue weighted by Crippen LogP contribution is -2.45. The molecule has 0 spiro atoms. The molecule has 7 heteroatoms. The highest BCUT2D eigenvalue weighted by Crippen LogP contribution is 2.38. The molecule has 3 aromatic carbocycles. The molecular weight excluding hydrogens is 472 g/mol. The SMILES string of the molecule is CC1=C(c2nc(-c3ccc(C)cc3)no2)C(c2ccc(C)c(C)c2)NC(=O)N1Cc1cccc(Cl)c1. The van der Waals surface area contributed by atoms with Crippen LogP contribution in [-0.4, -0.2) is 21.1 Å². The molecule has 0 saturated carbocycles. The molecule has 2 amide bonds. The number of allylic oxidation sites excluding steroid dienone is 1. The van der Waals surface area contributed by atoms with Gasteiger partial charge in [0.1, 0.15) is 0 Å². The summed E-state index contributed by atoms with van der Waals surface area (Å²) in [6.45, 7) is 8.45. The van der Waals surface area contributed by atoms with Crippen LogP contribution in [0, 0.1) is 20.8 Å². The van der Waals surface area contributed by atoms with E-state index in [-0.39, 0.29) is 6.03 Å². The third-order valence-corrected chi connectivity index (χ3v) is 6.89. The summed E-state index contributed by atoms with van der Waals surface area (Å²) in [6, 6.07) is 21.0. The van der Waals surface area contributed by atoms with Gasteiger partial charge in [0.2, 0.25) is 5.82 Å². The van der Waals surface area contributed by atoms with Crippen molar-refractivity contribution in [2.24, 2.45) is 0 Å². The fraction of sp³-hybridized carbons (Fsp3) is 0.207. The van der Waals surface area contributed by atoms with E-state index in [0.29, 0.717) is 23.3 Å². The van der Waals surface area contributed by atoms with Gasteiger partial charge in [0, 0.05) is 16.3 Å². The zero-order valence-electron chi connectivity index (χ0n) is 20.7. The van der Waals surface area contributed by atoms with Gasteiger partial charge in [0.25, 0.3) is 5.89 Å². The van der Waals surface area contributed by atoms with Crippen LogP contribution in [0.15, 0.2) is 77.0 Å². The molecule has 1 N–H and O–H groups in total. The lowest BCUT2D eigenvalue weighted by atomic mass is 9.92. The molecule has 182 valence electrons. The summed E-state index contributed by atoms with van der Waals surface area (Å²) in [4.78, 5) is 19.8. The smallest absolute Gasteiger partial charge is 0.322 e. The number of halogens is 1. The lowest BCUT2D eigenvalue weighted by Gasteiger charge is -2.35. The molecule has 5 rings (SSSR count). The van der Waals surface area contributed by atoms with Crippen LogP contribution in [0.3, 0.4) is 0 Å². The first-order chi connectivity index (χ1) is 17.3. The predicted octanol–water partition coefficient (Wildman–Crippen LogP) is 7.01. The van der Waals surface area contributed by atoms with Crippen molar-refractivity contribution in [1.29, 1.82) is 0 Å². The second-order valence-corrected chi connectivity index (χ2v) is 9.67. The molecule has 4 aromatic rings. The zero-order chi connectivity index (χ0) is 25.4. The third-order valence-electron chi connectivity index (χ3n) is 6.66. The summed E-state index contributed by atoms with van der Waals surface area (Å²) < 4.78 is 5.80. The quantitative estimate of drug-likeness (QED) is 0.321. The first-order valence-electron chi connectivity index (χ1n) is 11.8. The van der Waals surface area contributed by atoms with Crippen LogP contribution in [0.1, 0.15) is 46.7 Å². The van der Waals surface area contributed by atoms with E-state index >= 15 is 0 Å². The van der Waals surface area contributed by atoms with Crippen molar-refractivity contribution < 1.29 is 9.32 Å². The van der Waals surface area contributed by atoms with Gasteiger partial charge in [0.05, 0.1) is 18.2 Å². The summed E-state index contributed by atoms with van der Waals surface area (Å²) in [5, 5.41) is 8.05. The van der Waals surface area contributed by atoms with Gasteiger partial charge in [-0.3, -0.25) is 4.90 Å². The number of aromatic nitrogens is 2. The number of benzene rings is 3. The van der Waals surface area contributed by atoms with E-state index in [9.17, 15) is 4.79 Å². The Hall–Kier alpha value is -3.90. The highest BCUT2D eigenvalue weighted by atomic mass is 35.5. The Kier molecular flexibility index (Phi) is 6.37. The maximum absolute atomic E-state index is 13.3. The molecule has 0 bridgehead atoms. The topological polar surface area (TPSA) is 71.3 Å². The number of nitrogens with zero attached hydrogens (tertiary/aromatic N) is 3. The van der Waals surface area contributed by atoms with E-state index in [1.165, 1.54) is 5.56 Å². The van der Waals surface area contributed by atoms with Gasteiger partial charge in [0.15, 0.2) is 0 Å². The number of rotatable bonds is 5. The number of urea groups is 1. The monoisotopic (exact) mass is 498 g/mol. The predicted molar refractivity (Wildman–Crippen MR) is 141 cm³/mol. The molecular formula is C29H27ClN4O2. The number of carbonyl (C=O) groups is 1. The average molecular weight is 499 g/mol. The Morgan fingerprint density at radius 1 is 0.972 bits per heavy atom. The minimum absolute atomic E-state index is 0.197. The molecule has 6 nitrogen and oxygen atoms in total. The van der Waals surface area contributed by atoms with Crippen LogP contribution in [-0.2, 0) is 6.54 Å². The molecule has 1 aromatic heterocycles. The van der Waals surface area contributed by atoms with E-state index in [4.69, 9.17) is 21.1 Å². The van der Waals surface area contributed by atoms with Crippen molar-refractivity contribution in [3.63, 3.8) is 0 Å². The molecule has 2 heterocycles. The minimum atomic E-state index is -0.432. The maximum atomic E-state index is 13.3. The van der Waals surface area contributed by atoms with E-state index < -0.39 is 6.04 Å². The number of amides is 2. The number of hydrogen-bond acceptors (Lipinski definition) is 4. The Morgan fingerprint density at radius 3 is 2.47 bits per heavy atom. The van der Waals surface area contributed by atoms with Crippen molar-refractivity contribution in [3.05, 3.63) is 111 Å². The van der Waals surface area contributed by atoms with Crippen LogP contribution >= 0.6 is 11.6 Å². The van der Waals surface area contributed by atoms with Gasteiger partial charge in [-0.05, 0) is 62.1 Å². The van der Waals surface area contributed by atoms with Crippen LogP contribution in [0.2, 0.25) is 5.02 Å². The van der Waals surface area contributed by atoms with Crippen molar-refractivity contribution in [2.75, 3.05) is 0 Å². The lowest BCUT2D eigenvalue weighted by molar-refractivity contribution is 0.203. The van der Waals surface area contributed by atoms with Crippen molar-refractivity contribution >= 4 is 23.2 Å². The Balaban J connectivity index is 1.61. The summed E-state index contributed by atoms with van der Waals surface area (Å²) in [5.41, 5.74) is 7.75. The standard InChI is InChI=1S/C29H27ClN4O2/c1-17-8-11-22(12-9-17)27-32-28(36-33-27)25-20(4)34(16-21-6-5-7-24(30)15-21)29(35)31-26(25)23-13-10-18(2)19(3)14-23/h5-15,26H,16H2,1-4H3,(H,31,35). The van der Waals surface area contributed by atoms with Gasteiger partial charge in [-0.1, -0.05) is 76.9 Å². The summed E-state index contributed by atoms with van der Waals surface area (Å²) >= 11 is 6.20. The Labute approximate surface area is 215 Å². The maximum Gasteiger partial charge on any atom is 0.322 e.